The van der Waals surface area contributed by atoms with E-state index in [-0.39, 0.29) is 11.8 Å². The minimum atomic E-state index is -0.491. The van der Waals surface area contributed by atoms with Gasteiger partial charge in [-0.1, -0.05) is 19.3 Å². The van der Waals surface area contributed by atoms with Crippen molar-refractivity contribution < 1.29 is 9.90 Å². The number of hydrogen-bond donors (Lipinski definition) is 2. The number of carbonyl (C=O) groups excluding carboxylic acids is 1. The first-order chi connectivity index (χ1) is 5.22. The molecule has 0 saturated heterocycles. The van der Waals surface area contributed by atoms with Gasteiger partial charge in [0.05, 0.1) is 12.0 Å². The normalized spacial score (nSPS) is 32.8. The number of aliphatic hydroxyl groups excluding tert-OH is 1. The Labute approximate surface area is 66.6 Å². The third-order valence-corrected chi connectivity index (χ3v) is 2.34. The monoisotopic (exact) mass is 157 g/mol. The number of rotatable bonds is 1. The second-order valence-corrected chi connectivity index (χ2v) is 3.21. The summed E-state index contributed by atoms with van der Waals surface area (Å²) in [6.07, 6.45) is 4.15. The quantitative estimate of drug-likeness (QED) is 0.541. The lowest BCUT2D eigenvalue weighted by molar-refractivity contribution is -0.125. The summed E-state index contributed by atoms with van der Waals surface area (Å²) >= 11 is 0. The largest absolute Gasteiger partial charge is 0.392 e. The van der Waals surface area contributed by atoms with Gasteiger partial charge in [0.15, 0.2) is 0 Å². The molecule has 2 unspecified atom stereocenters. The van der Waals surface area contributed by atoms with Gasteiger partial charge in [-0.05, 0) is 12.8 Å². The summed E-state index contributed by atoms with van der Waals surface area (Å²) < 4.78 is 0. The van der Waals surface area contributed by atoms with E-state index in [0.29, 0.717) is 0 Å². The van der Waals surface area contributed by atoms with Crippen LogP contribution in [0.1, 0.15) is 32.1 Å². The molecule has 0 spiro atoms. The van der Waals surface area contributed by atoms with Gasteiger partial charge >= 0.3 is 0 Å². The first kappa shape index (κ1) is 8.53. The lowest BCUT2D eigenvalue weighted by Crippen LogP contribution is -2.32. The van der Waals surface area contributed by atoms with Gasteiger partial charge < -0.3 is 10.8 Å². The van der Waals surface area contributed by atoms with Crippen molar-refractivity contribution in [2.75, 3.05) is 0 Å². The van der Waals surface area contributed by atoms with Crippen LogP contribution >= 0.6 is 0 Å². The van der Waals surface area contributed by atoms with Crippen molar-refractivity contribution in [2.45, 2.75) is 38.2 Å². The van der Waals surface area contributed by atoms with Crippen molar-refractivity contribution in [3.8, 4) is 0 Å². The number of hydrogen-bond acceptors (Lipinski definition) is 2. The molecule has 1 amide bonds. The molecule has 1 fully saturated rings. The third kappa shape index (κ3) is 2.19. The Morgan fingerprint density at radius 2 is 1.91 bits per heavy atom. The topological polar surface area (TPSA) is 63.3 Å². The second kappa shape index (κ2) is 3.72. The van der Waals surface area contributed by atoms with E-state index in [9.17, 15) is 9.90 Å². The van der Waals surface area contributed by atoms with Gasteiger partial charge in [-0.25, -0.2) is 0 Å². The van der Waals surface area contributed by atoms with Crippen molar-refractivity contribution >= 4 is 5.91 Å². The van der Waals surface area contributed by atoms with Crippen molar-refractivity contribution in [3.63, 3.8) is 0 Å². The second-order valence-electron chi connectivity index (χ2n) is 3.21. The molecule has 0 heterocycles. The van der Waals surface area contributed by atoms with Gasteiger partial charge in [0.2, 0.25) is 5.91 Å². The summed E-state index contributed by atoms with van der Waals surface area (Å²) in [6, 6.07) is 0. The van der Waals surface area contributed by atoms with Crippen LogP contribution in [0.4, 0.5) is 0 Å². The Kier molecular flexibility index (Phi) is 2.88. The fraction of sp³-hybridized carbons (Fsp3) is 0.875. The zero-order valence-electron chi connectivity index (χ0n) is 6.62. The number of carbonyl (C=O) groups is 1. The molecule has 2 atom stereocenters. The Morgan fingerprint density at radius 1 is 1.27 bits per heavy atom. The molecule has 1 aliphatic carbocycles. The van der Waals surface area contributed by atoms with Crippen LogP contribution < -0.4 is 5.73 Å². The Hall–Kier alpha value is -0.570. The highest BCUT2D eigenvalue weighted by Crippen LogP contribution is 2.22. The SMILES string of the molecule is NC(=O)C1CCCCCC1O. The molecule has 1 saturated carbocycles. The summed E-state index contributed by atoms with van der Waals surface area (Å²) in [5, 5.41) is 9.42. The summed E-state index contributed by atoms with van der Waals surface area (Å²) in [5.74, 6) is -0.642. The average molecular weight is 157 g/mol. The zero-order chi connectivity index (χ0) is 8.27. The van der Waals surface area contributed by atoms with Crippen molar-refractivity contribution in [2.24, 2.45) is 11.7 Å². The van der Waals surface area contributed by atoms with Gasteiger partial charge in [0.25, 0.3) is 0 Å². The lowest BCUT2D eigenvalue weighted by atomic mass is 9.97. The molecule has 1 rings (SSSR count). The molecule has 11 heavy (non-hydrogen) atoms. The predicted molar refractivity (Wildman–Crippen MR) is 41.8 cm³/mol. The summed E-state index contributed by atoms with van der Waals surface area (Å²) in [5.41, 5.74) is 5.13. The van der Waals surface area contributed by atoms with Crippen LogP contribution in [-0.4, -0.2) is 17.1 Å². The van der Waals surface area contributed by atoms with E-state index in [1.807, 2.05) is 0 Å². The standard InChI is InChI=1S/C8H15NO2/c9-8(11)6-4-2-1-3-5-7(6)10/h6-7,10H,1-5H2,(H2,9,11). The van der Waals surface area contributed by atoms with E-state index in [1.54, 1.807) is 0 Å². The van der Waals surface area contributed by atoms with Crippen LogP contribution in [0.25, 0.3) is 0 Å². The van der Waals surface area contributed by atoms with Crippen LogP contribution in [-0.2, 0) is 4.79 Å². The summed E-state index contributed by atoms with van der Waals surface area (Å²) in [7, 11) is 0. The van der Waals surface area contributed by atoms with Gasteiger partial charge in [-0.15, -0.1) is 0 Å². The fourth-order valence-corrected chi connectivity index (χ4v) is 1.62. The van der Waals surface area contributed by atoms with Gasteiger partial charge in [-0.3, -0.25) is 4.79 Å². The van der Waals surface area contributed by atoms with Crippen LogP contribution in [0.15, 0.2) is 0 Å². The maximum atomic E-state index is 10.8. The molecule has 3 heteroatoms. The maximum Gasteiger partial charge on any atom is 0.223 e. The van der Waals surface area contributed by atoms with Crippen molar-refractivity contribution in [3.05, 3.63) is 0 Å². The molecule has 0 bridgehead atoms. The van der Waals surface area contributed by atoms with Gasteiger partial charge in [0.1, 0.15) is 0 Å². The molecule has 0 aromatic rings. The lowest BCUT2D eigenvalue weighted by Gasteiger charge is -2.15. The van der Waals surface area contributed by atoms with Crippen molar-refractivity contribution in [1.29, 1.82) is 0 Å². The molecule has 0 radical (unpaired) electrons. The van der Waals surface area contributed by atoms with Gasteiger partial charge in [0, 0.05) is 0 Å². The molecule has 0 aromatic carbocycles. The van der Waals surface area contributed by atoms with E-state index < -0.39 is 6.10 Å². The molecule has 0 aliphatic heterocycles. The van der Waals surface area contributed by atoms with Crippen LogP contribution in [0, 0.1) is 5.92 Å². The van der Waals surface area contributed by atoms with Crippen LogP contribution in [0.3, 0.4) is 0 Å². The van der Waals surface area contributed by atoms with E-state index >= 15 is 0 Å². The van der Waals surface area contributed by atoms with E-state index in [2.05, 4.69) is 0 Å². The van der Waals surface area contributed by atoms with E-state index in [0.717, 1.165) is 32.1 Å². The highest BCUT2D eigenvalue weighted by atomic mass is 16.3. The van der Waals surface area contributed by atoms with E-state index in [4.69, 9.17) is 5.73 Å². The first-order valence-corrected chi connectivity index (χ1v) is 4.19. The van der Waals surface area contributed by atoms with Crippen LogP contribution in [0.5, 0.6) is 0 Å². The number of amides is 1. The number of nitrogens with two attached hydrogens (primary N) is 1. The Morgan fingerprint density at radius 3 is 2.55 bits per heavy atom. The molecule has 3 nitrogen and oxygen atoms in total. The highest BCUT2D eigenvalue weighted by Gasteiger charge is 2.25. The van der Waals surface area contributed by atoms with Crippen LogP contribution in [0.2, 0.25) is 0 Å². The number of aliphatic hydroxyl groups is 1. The smallest absolute Gasteiger partial charge is 0.223 e. The molecule has 64 valence electrons. The Balaban J connectivity index is 2.52. The zero-order valence-corrected chi connectivity index (χ0v) is 6.62. The summed E-state index contributed by atoms with van der Waals surface area (Å²) in [4.78, 5) is 10.8. The third-order valence-electron chi connectivity index (χ3n) is 2.34. The van der Waals surface area contributed by atoms with Gasteiger partial charge in [-0.2, -0.15) is 0 Å². The first-order valence-electron chi connectivity index (χ1n) is 4.19. The molecule has 0 aromatic heterocycles. The molecule has 3 N–H and O–H groups in total. The summed E-state index contributed by atoms with van der Waals surface area (Å²) in [6.45, 7) is 0. The minimum Gasteiger partial charge on any atom is -0.392 e. The number of primary amides is 1. The fourth-order valence-electron chi connectivity index (χ4n) is 1.62. The Bertz CT molecular complexity index is 147. The molecular weight excluding hydrogens is 142 g/mol. The minimum absolute atomic E-state index is 0.294. The van der Waals surface area contributed by atoms with Crippen molar-refractivity contribution in [1.82, 2.24) is 0 Å². The highest BCUT2D eigenvalue weighted by molar-refractivity contribution is 5.77. The molecular formula is C8H15NO2. The van der Waals surface area contributed by atoms with E-state index in [1.165, 1.54) is 0 Å². The average Bonchev–Trinajstić information content (AvgIpc) is 2.13. The maximum absolute atomic E-state index is 10.8. The predicted octanol–water partition coefficient (Wildman–Crippen LogP) is 0.413. The molecule has 1 aliphatic rings.